The molecule has 0 atom stereocenters. The number of nitroso groups, excluding NO2 is 1. The Morgan fingerprint density at radius 1 is 1.57 bits per heavy atom. The molecule has 0 bridgehead atoms. The van der Waals surface area contributed by atoms with Gasteiger partial charge >= 0.3 is 0 Å². The average molecular weight is 325 g/mol. The van der Waals surface area contributed by atoms with Crippen LogP contribution in [0, 0.1) is 4.91 Å². The molecule has 0 heterocycles. The van der Waals surface area contributed by atoms with Gasteiger partial charge in [0.25, 0.3) is 0 Å². The minimum absolute atomic E-state index is 0.455. The smallest absolute Gasteiger partial charge is 0.0828 e. The van der Waals surface area contributed by atoms with Gasteiger partial charge in [-0.2, -0.15) is 4.91 Å². The molecule has 0 aromatic heterocycles. The molecule has 0 unspecified atom stereocenters. The number of hydrogen-bond donors (Lipinski definition) is 0. The quantitative estimate of drug-likeness (QED) is 0.445. The van der Waals surface area contributed by atoms with E-state index in [9.17, 15) is 4.91 Å². The third-order valence-electron chi connectivity index (χ3n) is 0.439. The molecule has 0 N–H and O–H groups in total. The number of halogens is 2. The normalized spacial score (nSPS) is 9.57. The third-order valence-corrected chi connectivity index (χ3v) is 1.68. The molecule has 0 saturated carbocycles. The van der Waals surface area contributed by atoms with Crippen molar-refractivity contribution in [3.8, 4) is 0 Å². The van der Waals surface area contributed by atoms with Gasteiger partial charge in [0.15, 0.2) is 0 Å². The highest BCUT2D eigenvalue weighted by molar-refractivity contribution is 14.2. The van der Waals surface area contributed by atoms with Crippen LogP contribution in [0.3, 0.4) is 0 Å². The second-order valence-electron chi connectivity index (χ2n) is 1.03. The summed E-state index contributed by atoms with van der Waals surface area (Å²) in [7, 11) is 0. The summed E-state index contributed by atoms with van der Waals surface area (Å²) in [6.45, 7) is 0.455. The van der Waals surface area contributed by atoms with Gasteiger partial charge in [0, 0.05) is 0 Å². The molecule has 0 aromatic rings. The van der Waals surface area contributed by atoms with Crippen molar-refractivity contribution in [1.82, 2.24) is 0 Å². The predicted octanol–water partition coefficient (Wildman–Crippen LogP) is 2.34. The van der Waals surface area contributed by atoms with Crippen molar-refractivity contribution in [2.45, 2.75) is 8.35 Å². The molecule has 0 rings (SSSR count). The topological polar surface area (TPSA) is 29.4 Å². The first kappa shape index (κ1) is 8.06. The van der Waals surface area contributed by atoms with Crippen molar-refractivity contribution in [2.24, 2.45) is 5.18 Å². The number of alkyl halides is 2. The molecule has 0 aliphatic rings. The van der Waals surface area contributed by atoms with Crippen LogP contribution in [0.1, 0.15) is 6.42 Å². The molecule has 7 heavy (non-hydrogen) atoms. The largest absolute Gasteiger partial charge is 0.151 e. The van der Waals surface area contributed by atoms with E-state index in [1.165, 1.54) is 0 Å². The second kappa shape index (κ2) is 5.20. The number of hydrogen-bond acceptors (Lipinski definition) is 2. The molecular formula is C3H5I2NO. The van der Waals surface area contributed by atoms with Gasteiger partial charge in [-0.25, -0.2) is 0 Å². The van der Waals surface area contributed by atoms with Crippen LogP contribution in [0.5, 0.6) is 0 Å². The molecule has 0 aliphatic carbocycles. The summed E-state index contributed by atoms with van der Waals surface area (Å²) in [6, 6.07) is 0. The van der Waals surface area contributed by atoms with Crippen molar-refractivity contribution in [3.63, 3.8) is 0 Å². The van der Waals surface area contributed by atoms with Crippen LogP contribution in [0.4, 0.5) is 0 Å². The van der Waals surface area contributed by atoms with E-state index in [0.717, 1.165) is 6.42 Å². The first-order chi connectivity index (χ1) is 3.27. The Labute approximate surface area is 69.7 Å². The zero-order valence-corrected chi connectivity index (χ0v) is 7.92. The minimum Gasteiger partial charge on any atom is -0.151 e. The van der Waals surface area contributed by atoms with E-state index in [1.54, 1.807) is 0 Å². The Kier molecular flexibility index (Phi) is 5.99. The Balaban J connectivity index is 2.81. The van der Waals surface area contributed by atoms with Gasteiger partial charge in [-0.05, 0) is 6.42 Å². The maximum absolute atomic E-state index is 9.45. The lowest BCUT2D eigenvalue weighted by Crippen LogP contribution is -1.86. The molecule has 0 fully saturated rings. The molecule has 0 radical (unpaired) electrons. The third kappa shape index (κ3) is 7.06. The highest BCUT2D eigenvalue weighted by Gasteiger charge is 1.93. The van der Waals surface area contributed by atoms with Gasteiger partial charge in [0.1, 0.15) is 0 Å². The highest BCUT2D eigenvalue weighted by Crippen LogP contribution is 2.13. The van der Waals surface area contributed by atoms with E-state index in [1.807, 2.05) is 0 Å². The standard InChI is InChI=1S/C3H5I2NO/c4-3(5)1-2-6-7/h3H,1-2H2. The van der Waals surface area contributed by atoms with E-state index in [4.69, 9.17) is 0 Å². The lowest BCUT2D eigenvalue weighted by atomic mass is 10.5. The maximum Gasteiger partial charge on any atom is 0.0828 e. The Bertz CT molecular complexity index is 56.9. The Morgan fingerprint density at radius 2 is 2.14 bits per heavy atom. The van der Waals surface area contributed by atoms with Crippen LogP contribution in [0.2, 0.25) is 0 Å². The Hall–Kier alpha value is 1.06. The van der Waals surface area contributed by atoms with Crippen LogP contribution < -0.4 is 0 Å². The van der Waals surface area contributed by atoms with Crippen molar-refractivity contribution in [2.75, 3.05) is 6.54 Å². The molecule has 0 amide bonds. The Morgan fingerprint density at radius 3 is 2.29 bits per heavy atom. The molecule has 0 spiro atoms. The number of rotatable bonds is 3. The van der Waals surface area contributed by atoms with Crippen molar-refractivity contribution in [1.29, 1.82) is 0 Å². The van der Waals surface area contributed by atoms with Gasteiger partial charge in [-0.3, -0.25) is 0 Å². The van der Waals surface area contributed by atoms with Gasteiger partial charge < -0.3 is 0 Å². The molecule has 2 nitrogen and oxygen atoms in total. The monoisotopic (exact) mass is 325 g/mol. The zero-order chi connectivity index (χ0) is 5.70. The summed E-state index contributed by atoms with van der Waals surface area (Å²) in [4.78, 5) is 9.45. The summed E-state index contributed by atoms with van der Waals surface area (Å²) in [6.07, 6.45) is 0.893. The summed E-state index contributed by atoms with van der Waals surface area (Å²) < 4.78 is 0.549. The van der Waals surface area contributed by atoms with E-state index in [-0.39, 0.29) is 0 Å². The second-order valence-corrected chi connectivity index (χ2v) is 6.42. The summed E-state index contributed by atoms with van der Waals surface area (Å²) in [5.74, 6) is 0. The summed E-state index contributed by atoms with van der Waals surface area (Å²) in [5, 5.41) is 2.72. The van der Waals surface area contributed by atoms with E-state index in [0.29, 0.717) is 8.48 Å². The lowest BCUT2D eigenvalue weighted by molar-refractivity contribution is 0.935. The zero-order valence-electron chi connectivity index (χ0n) is 3.60. The molecular weight excluding hydrogens is 320 g/mol. The van der Waals surface area contributed by atoms with Crippen LogP contribution in [0.15, 0.2) is 5.18 Å². The highest BCUT2D eigenvalue weighted by atomic mass is 127. The molecule has 4 heteroatoms. The summed E-state index contributed by atoms with van der Waals surface area (Å²) >= 11 is 4.51. The molecule has 0 saturated heterocycles. The molecule has 0 aliphatic heterocycles. The molecule has 0 aromatic carbocycles. The van der Waals surface area contributed by atoms with Crippen molar-refractivity contribution in [3.05, 3.63) is 4.91 Å². The fourth-order valence-corrected chi connectivity index (χ4v) is 0.707. The van der Waals surface area contributed by atoms with E-state index in [2.05, 4.69) is 50.4 Å². The van der Waals surface area contributed by atoms with Gasteiger partial charge in [0.2, 0.25) is 0 Å². The minimum atomic E-state index is 0.455. The first-order valence-corrected chi connectivity index (χ1v) is 4.33. The van der Waals surface area contributed by atoms with E-state index < -0.39 is 0 Å². The molecule has 42 valence electrons. The van der Waals surface area contributed by atoms with Gasteiger partial charge in [0.05, 0.1) is 8.48 Å². The predicted molar refractivity (Wildman–Crippen MR) is 47.1 cm³/mol. The van der Waals surface area contributed by atoms with Crippen LogP contribution in [-0.4, -0.2) is 8.48 Å². The van der Waals surface area contributed by atoms with Gasteiger partial charge in [-0.1, -0.05) is 50.4 Å². The van der Waals surface area contributed by atoms with Gasteiger partial charge in [-0.15, -0.1) is 0 Å². The van der Waals surface area contributed by atoms with Crippen molar-refractivity contribution >= 4 is 45.2 Å². The lowest BCUT2D eigenvalue weighted by Gasteiger charge is -1.90. The van der Waals surface area contributed by atoms with Crippen LogP contribution >= 0.6 is 45.2 Å². The maximum atomic E-state index is 9.45. The first-order valence-electron chi connectivity index (χ1n) is 1.84. The number of nitrogens with zero attached hydrogens (tertiary/aromatic N) is 1. The van der Waals surface area contributed by atoms with Crippen LogP contribution in [-0.2, 0) is 0 Å². The fourth-order valence-electron chi connectivity index (χ4n) is 0.150. The average Bonchev–Trinajstić information content (AvgIpc) is 1.61. The summed E-state index contributed by atoms with van der Waals surface area (Å²) in [5.41, 5.74) is 0. The van der Waals surface area contributed by atoms with E-state index >= 15 is 0 Å². The van der Waals surface area contributed by atoms with Crippen molar-refractivity contribution < 1.29 is 0 Å². The SMILES string of the molecule is O=NCCC(I)I. The van der Waals surface area contributed by atoms with Crippen LogP contribution in [0.25, 0.3) is 0 Å². The fraction of sp³-hybridized carbons (Fsp3) is 1.00.